The number of benzene rings is 1. The Labute approximate surface area is 121 Å². The number of halogens is 1. The lowest BCUT2D eigenvalue weighted by molar-refractivity contribution is -0.0361. The molecular weight excluding hydrogens is 256 g/mol. The number of rotatable bonds is 3. The minimum atomic E-state index is 0.269. The first-order valence-corrected chi connectivity index (χ1v) is 7.97. The van der Waals surface area contributed by atoms with Gasteiger partial charge in [-0.25, -0.2) is 0 Å². The quantitative estimate of drug-likeness (QED) is 0.697. The number of para-hydroxylation sites is 1. The van der Waals surface area contributed by atoms with Crippen LogP contribution >= 0.6 is 11.6 Å². The van der Waals surface area contributed by atoms with E-state index in [9.17, 15) is 0 Å². The summed E-state index contributed by atoms with van der Waals surface area (Å²) in [6, 6.07) is 8.45. The molecule has 2 aliphatic carbocycles. The van der Waals surface area contributed by atoms with Crippen LogP contribution in [0.5, 0.6) is 5.75 Å². The third-order valence-electron chi connectivity index (χ3n) is 5.03. The molecule has 2 saturated carbocycles. The van der Waals surface area contributed by atoms with E-state index in [4.69, 9.17) is 16.3 Å². The maximum atomic E-state index is 6.50. The van der Waals surface area contributed by atoms with E-state index in [1.165, 1.54) is 31.2 Å². The molecule has 0 amide bonds. The Bertz CT molecular complexity index is 448. The van der Waals surface area contributed by atoms with Crippen LogP contribution in [0.3, 0.4) is 0 Å². The smallest absolute Gasteiger partial charge is 0.123 e. The van der Waals surface area contributed by atoms with E-state index >= 15 is 0 Å². The third kappa shape index (κ3) is 2.16. The maximum absolute atomic E-state index is 6.50. The summed E-state index contributed by atoms with van der Waals surface area (Å²) < 4.78 is 6.37. The van der Waals surface area contributed by atoms with Crippen molar-refractivity contribution in [2.24, 2.45) is 5.41 Å². The van der Waals surface area contributed by atoms with E-state index in [1.54, 1.807) is 0 Å². The molecule has 2 atom stereocenters. The molecule has 2 unspecified atom stereocenters. The second-order valence-corrected chi connectivity index (χ2v) is 6.97. The third-order valence-corrected chi connectivity index (χ3v) is 5.64. The molecule has 0 aromatic heterocycles. The van der Waals surface area contributed by atoms with Gasteiger partial charge < -0.3 is 4.74 Å². The molecule has 2 fully saturated rings. The highest BCUT2D eigenvalue weighted by Crippen LogP contribution is 2.57. The van der Waals surface area contributed by atoms with Crippen molar-refractivity contribution >= 4 is 11.6 Å². The Hall–Kier alpha value is -0.690. The van der Waals surface area contributed by atoms with Gasteiger partial charge >= 0.3 is 0 Å². The average molecular weight is 279 g/mol. The molecular formula is C17H23ClO. The molecule has 0 N–H and O–H groups in total. The minimum absolute atomic E-state index is 0.269. The lowest BCUT2D eigenvalue weighted by Crippen LogP contribution is -2.55. The number of hydrogen-bond acceptors (Lipinski definition) is 1. The molecule has 104 valence electrons. The van der Waals surface area contributed by atoms with Crippen LogP contribution in [-0.4, -0.2) is 11.5 Å². The highest BCUT2D eigenvalue weighted by molar-refractivity contribution is 6.21. The van der Waals surface area contributed by atoms with E-state index in [2.05, 4.69) is 38.1 Å². The van der Waals surface area contributed by atoms with E-state index < -0.39 is 0 Å². The van der Waals surface area contributed by atoms with Gasteiger partial charge in [-0.3, -0.25) is 0 Å². The van der Waals surface area contributed by atoms with Crippen molar-refractivity contribution in [1.29, 1.82) is 0 Å². The van der Waals surface area contributed by atoms with Crippen molar-refractivity contribution < 1.29 is 4.74 Å². The van der Waals surface area contributed by atoms with Gasteiger partial charge in [0.25, 0.3) is 0 Å². The minimum Gasteiger partial charge on any atom is -0.489 e. The number of ether oxygens (including phenoxy) is 1. The van der Waals surface area contributed by atoms with E-state index in [1.807, 2.05) is 0 Å². The first kappa shape index (κ1) is 13.3. The van der Waals surface area contributed by atoms with Gasteiger partial charge in [0, 0.05) is 17.2 Å². The maximum Gasteiger partial charge on any atom is 0.123 e. The molecule has 1 aromatic carbocycles. The Morgan fingerprint density at radius 3 is 2.53 bits per heavy atom. The van der Waals surface area contributed by atoms with Crippen molar-refractivity contribution in [2.75, 3.05) is 0 Å². The van der Waals surface area contributed by atoms with Crippen LogP contribution in [0.4, 0.5) is 0 Å². The Balaban J connectivity index is 1.79. The Morgan fingerprint density at radius 1 is 1.21 bits per heavy atom. The predicted octanol–water partition coefficient (Wildman–Crippen LogP) is 5.13. The van der Waals surface area contributed by atoms with Crippen LogP contribution in [0, 0.1) is 5.41 Å². The predicted molar refractivity (Wildman–Crippen MR) is 80.1 cm³/mol. The molecule has 0 saturated heterocycles. The van der Waals surface area contributed by atoms with Crippen LogP contribution in [0.15, 0.2) is 24.3 Å². The van der Waals surface area contributed by atoms with Gasteiger partial charge in [0.05, 0.1) is 0 Å². The molecule has 1 nitrogen and oxygen atoms in total. The highest BCUT2D eigenvalue weighted by Gasteiger charge is 2.57. The van der Waals surface area contributed by atoms with Crippen LogP contribution in [0.25, 0.3) is 0 Å². The fourth-order valence-corrected chi connectivity index (χ4v) is 4.27. The van der Waals surface area contributed by atoms with Crippen LogP contribution < -0.4 is 4.74 Å². The summed E-state index contributed by atoms with van der Waals surface area (Å²) in [6.45, 7) is 4.44. The molecule has 0 bridgehead atoms. The normalized spacial score (nSPS) is 28.6. The van der Waals surface area contributed by atoms with Crippen molar-refractivity contribution in [2.45, 2.75) is 63.4 Å². The zero-order valence-corrected chi connectivity index (χ0v) is 12.6. The summed E-state index contributed by atoms with van der Waals surface area (Å²) >= 11 is 6.50. The molecule has 0 aliphatic heterocycles. The zero-order valence-electron chi connectivity index (χ0n) is 11.9. The summed E-state index contributed by atoms with van der Waals surface area (Å²) in [5.74, 6) is 1.57. The average Bonchev–Trinajstić information content (AvgIpc) is 2.91. The van der Waals surface area contributed by atoms with Gasteiger partial charge in [-0.05, 0) is 30.4 Å². The van der Waals surface area contributed by atoms with Crippen molar-refractivity contribution in [3.8, 4) is 5.75 Å². The Morgan fingerprint density at radius 2 is 1.89 bits per heavy atom. The van der Waals surface area contributed by atoms with Crippen molar-refractivity contribution in [1.82, 2.24) is 0 Å². The van der Waals surface area contributed by atoms with Crippen LogP contribution in [-0.2, 0) is 0 Å². The lowest BCUT2D eigenvalue weighted by atomic mass is 9.64. The Kier molecular flexibility index (Phi) is 3.51. The van der Waals surface area contributed by atoms with Gasteiger partial charge in [0.1, 0.15) is 11.9 Å². The van der Waals surface area contributed by atoms with E-state index in [-0.39, 0.29) is 5.41 Å². The largest absolute Gasteiger partial charge is 0.489 e. The molecule has 0 heterocycles. The topological polar surface area (TPSA) is 9.23 Å². The zero-order chi connectivity index (χ0) is 13.5. The first-order valence-electron chi connectivity index (χ1n) is 7.53. The highest BCUT2D eigenvalue weighted by atomic mass is 35.5. The standard InChI is InChI=1S/C17H23ClO/c1-12(2)13-7-3-4-8-14(13)19-16-11-15(18)17(16)9-5-6-10-17/h3-4,7-8,12,15-16H,5-6,9-11H2,1-2H3. The molecule has 1 spiro atoms. The summed E-state index contributed by atoms with van der Waals surface area (Å²) in [6.07, 6.45) is 6.46. The second kappa shape index (κ2) is 5.01. The molecule has 0 radical (unpaired) electrons. The second-order valence-electron chi connectivity index (χ2n) is 6.44. The van der Waals surface area contributed by atoms with Gasteiger partial charge in [0.2, 0.25) is 0 Å². The molecule has 3 rings (SSSR count). The first-order chi connectivity index (χ1) is 9.13. The summed E-state index contributed by atoms with van der Waals surface area (Å²) in [7, 11) is 0. The fraction of sp³-hybridized carbons (Fsp3) is 0.647. The van der Waals surface area contributed by atoms with Gasteiger partial charge in [-0.15, -0.1) is 11.6 Å². The van der Waals surface area contributed by atoms with Crippen molar-refractivity contribution in [3.05, 3.63) is 29.8 Å². The van der Waals surface area contributed by atoms with Gasteiger partial charge in [-0.2, -0.15) is 0 Å². The van der Waals surface area contributed by atoms with Gasteiger partial charge in [0.15, 0.2) is 0 Å². The summed E-state index contributed by atoms with van der Waals surface area (Å²) in [5, 5.41) is 0.325. The van der Waals surface area contributed by atoms with E-state index in [0.29, 0.717) is 17.4 Å². The molecule has 19 heavy (non-hydrogen) atoms. The van der Waals surface area contributed by atoms with Crippen LogP contribution in [0.1, 0.15) is 57.4 Å². The van der Waals surface area contributed by atoms with Crippen LogP contribution in [0.2, 0.25) is 0 Å². The fourth-order valence-electron chi connectivity index (χ4n) is 3.75. The summed E-state index contributed by atoms with van der Waals surface area (Å²) in [4.78, 5) is 0. The lowest BCUT2D eigenvalue weighted by Gasteiger charge is -2.51. The van der Waals surface area contributed by atoms with Gasteiger partial charge in [-0.1, -0.05) is 44.9 Å². The van der Waals surface area contributed by atoms with E-state index in [0.717, 1.165) is 12.2 Å². The number of hydrogen-bond donors (Lipinski definition) is 0. The molecule has 1 aromatic rings. The SMILES string of the molecule is CC(C)c1ccccc1OC1CC(Cl)C12CCCC2. The molecule has 2 aliphatic rings. The monoisotopic (exact) mass is 278 g/mol. The summed E-state index contributed by atoms with van der Waals surface area (Å²) in [5.41, 5.74) is 1.58. The van der Waals surface area contributed by atoms with Crippen molar-refractivity contribution in [3.63, 3.8) is 0 Å². The molecule has 2 heteroatoms. The number of alkyl halides is 1.